The van der Waals surface area contributed by atoms with Crippen LogP contribution in [-0.4, -0.2) is 15.9 Å². The van der Waals surface area contributed by atoms with Gasteiger partial charge in [0.15, 0.2) is 0 Å². The van der Waals surface area contributed by atoms with E-state index in [0.29, 0.717) is 17.8 Å². The molecule has 162 valence electrons. The molecule has 0 saturated carbocycles. The van der Waals surface area contributed by atoms with E-state index < -0.39 is 5.82 Å². The Balaban J connectivity index is 1.56. The molecule has 0 aliphatic rings. The molecule has 2 aromatic heterocycles. The van der Waals surface area contributed by atoms with E-state index in [1.165, 1.54) is 6.07 Å². The van der Waals surface area contributed by atoms with Crippen molar-refractivity contribution in [3.63, 3.8) is 0 Å². The van der Waals surface area contributed by atoms with Crippen LogP contribution in [0, 0.1) is 12.7 Å². The number of aryl methyl sites for hydroxylation is 1. The van der Waals surface area contributed by atoms with E-state index in [1.54, 1.807) is 30.6 Å². The van der Waals surface area contributed by atoms with Gasteiger partial charge in [-0.25, -0.2) is 9.37 Å². The monoisotopic (exact) mass is 448 g/mol. The molecule has 0 saturated heterocycles. The summed E-state index contributed by atoms with van der Waals surface area (Å²) in [6, 6.07) is 15.4. The van der Waals surface area contributed by atoms with Crippen molar-refractivity contribution in [1.29, 1.82) is 0 Å². The van der Waals surface area contributed by atoms with Crippen LogP contribution in [0.3, 0.4) is 0 Å². The van der Waals surface area contributed by atoms with Gasteiger partial charge in [-0.05, 0) is 66.8 Å². The van der Waals surface area contributed by atoms with Crippen molar-refractivity contribution >= 4 is 39.8 Å². The summed E-state index contributed by atoms with van der Waals surface area (Å²) >= 11 is 5.91. The second-order valence-corrected chi connectivity index (χ2v) is 7.96. The zero-order valence-corrected chi connectivity index (χ0v) is 18.4. The third kappa shape index (κ3) is 4.86. The molecule has 0 bridgehead atoms. The lowest BCUT2D eigenvalue weighted by molar-refractivity contribution is 0.0935. The number of hydrogen-bond acceptors (Lipinski definition) is 4. The fourth-order valence-corrected chi connectivity index (χ4v) is 3.70. The molecule has 7 heteroatoms. The van der Waals surface area contributed by atoms with Crippen LogP contribution in [0.1, 0.15) is 41.0 Å². The van der Waals surface area contributed by atoms with Crippen molar-refractivity contribution in [2.45, 2.75) is 26.3 Å². The van der Waals surface area contributed by atoms with E-state index in [0.717, 1.165) is 27.7 Å². The Morgan fingerprint density at radius 1 is 1.06 bits per heavy atom. The smallest absolute Gasteiger partial charge is 0.251 e. The van der Waals surface area contributed by atoms with E-state index in [-0.39, 0.29) is 17.0 Å². The Kier molecular flexibility index (Phi) is 6.32. The number of amides is 1. The first-order valence-electron chi connectivity index (χ1n) is 10.3. The zero-order valence-electron chi connectivity index (χ0n) is 17.7. The Morgan fingerprint density at radius 2 is 1.91 bits per heavy atom. The highest BCUT2D eigenvalue weighted by molar-refractivity contribution is 6.30. The van der Waals surface area contributed by atoms with E-state index in [4.69, 9.17) is 11.6 Å². The van der Waals surface area contributed by atoms with Crippen LogP contribution >= 0.6 is 11.6 Å². The number of anilines is 2. The average Bonchev–Trinajstić information content (AvgIpc) is 2.78. The number of halogens is 2. The minimum Gasteiger partial charge on any atom is -0.345 e. The molecule has 1 amide bonds. The number of fused-ring (bicyclic) bond motifs is 1. The number of hydrogen-bond donors (Lipinski definition) is 2. The highest BCUT2D eigenvalue weighted by atomic mass is 35.5. The normalized spacial score (nSPS) is 11.9. The van der Waals surface area contributed by atoms with Gasteiger partial charge in [-0.3, -0.25) is 9.78 Å². The second kappa shape index (κ2) is 9.32. The van der Waals surface area contributed by atoms with E-state index >= 15 is 0 Å². The lowest BCUT2D eigenvalue weighted by Crippen LogP contribution is -2.28. The highest BCUT2D eigenvalue weighted by Gasteiger charge is 2.16. The number of benzene rings is 2. The van der Waals surface area contributed by atoms with Gasteiger partial charge in [0.1, 0.15) is 11.6 Å². The van der Waals surface area contributed by atoms with Crippen molar-refractivity contribution in [2.24, 2.45) is 0 Å². The molecule has 32 heavy (non-hydrogen) atoms. The Labute approximate surface area is 190 Å². The molecule has 2 N–H and O–H groups in total. The summed E-state index contributed by atoms with van der Waals surface area (Å²) in [6.45, 7) is 3.88. The minimum absolute atomic E-state index is 0.0397. The Bertz CT molecular complexity index is 1290. The third-order valence-corrected chi connectivity index (χ3v) is 5.50. The maximum Gasteiger partial charge on any atom is 0.251 e. The van der Waals surface area contributed by atoms with Gasteiger partial charge in [0.2, 0.25) is 0 Å². The lowest BCUT2D eigenvalue weighted by atomic mass is 10.0. The molecule has 0 unspecified atom stereocenters. The van der Waals surface area contributed by atoms with Crippen LogP contribution in [0.5, 0.6) is 0 Å². The first-order valence-corrected chi connectivity index (χ1v) is 10.7. The summed E-state index contributed by atoms with van der Waals surface area (Å²) in [5.41, 5.74) is 3.09. The summed E-state index contributed by atoms with van der Waals surface area (Å²) < 4.78 is 13.5. The molecule has 5 nitrogen and oxygen atoms in total. The molecule has 0 radical (unpaired) electrons. The molecular weight excluding hydrogens is 427 g/mol. The van der Waals surface area contributed by atoms with E-state index in [1.807, 2.05) is 44.2 Å². The molecule has 4 rings (SSSR count). The summed E-state index contributed by atoms with van der Waals surface area (Å²) in [5.74, 6) is -0.0191. The zero-order chi connectivity index (χ0) is 22.7. The van der Waals surface area contributed by atoms with Gasteiger partial charge >= 0.3 is 0 Å². The molecule has 0 spiro atoms. The van der Waals surface area contributed by atoms with Crippen molar-refractivity contribution < 1.29 is 9.18 Å². The van der Waals surface area contributed by atoms with Crippen LogP contribution in [0.15, 0.2) is 67.0 Å². The maximum absolute atomic E-state index is 13.5. The first kappa shape index (κ1) is 21.7. The lowest BCUT2D eigenvalue weighted by Gasteiger charge is -2.18. The predicted molar refractivity (Wildman–Crippen MR) is 126 cm³/mol. The van der Waals surface area contributed by atoms with Crippen LogP contribution in [0.2, 0.25) is 5.02 Å². The van der Waals surface area contributed by atoms with Gasteiger partial charge in [0.25, 0.3) is 5.91 Å². The van der Waals surface area contributed by atoms with Gasteiger partial charge in [0, 0.05) is 34.7 Å². The van der Waals surface area contributed by atoms with E-state index in [9.17, 15) is 9.18 Å². The molecule has 2 heterocycles. The van der Waals surface area contributed by atoms with Crippen molar-refractivity contribution in [1.82, 2.24) is 15.3 Å². The molecular formula is C25H22ClFN4O. The van der Waals surface area contributed by atoms with Crippen molar-refractivity contribution in [2.75, 3.05) is 5.32 Å². The largest absolute Gasteiger partial charge is 0.345 e. The summed E-state index contributed by atoms with van der Waals surface area (Å²) in [4.78, 5) is 21.6. The summed E-state index contributed by atoms with van der Waals surface area (Å²) in [6.07, 6.45) is 4.15. The number of rotatable bonds is 6. The molecule has 1 atom stereocenters. The number of nitrogens with zero attached hydrogens (tertiary/aromatic N) is 2. The Hall–Kier alpha value is -3.51. The van der Waals surface area contributed by atoms with E-state index in [2.05, 4.69) is 20.6 Å². The number of pyridine rings is 2. The number of carbonyl (C=O) groups is 1. The standard InChI is InChI=1S/C25H22ClFN4O/c1-3-23(16-6-7-22(27)21(26)12-16)31-25(32)17-4-5-18-14-29-24(13-19(18)11-17)30-20-8-9-28-15(2)10-20/h4-14,23H,3H2,1-2H3,(H,31,32)(H,28,29,30)/t23-/m1/s1. The van der Waals surface area contributed by atoms with Crippen LogP contribution in [0.4, 0.5) is 15.9 Å². The number of aromatic nitrogens is 2. The molecule has 0 aliphatic heterocycles. The minimum atomic E-state index is -0.480. The number of carbonyl (C=O) groups excluding carboxylic acids is 1. The maximum atomic E-state index is 13.5. The molecule has 0 fully saturated rings. The Morgan fingerprint density at radius 3 is 2.66 bits per heavy atom. The fraction of sp³-hybridized carbons (Fsp3) is 0.160. The fourth-order valence-electron chi connectivity index (χ4n) is 3.51. The van der Waals surface area contributed by atoms with Crippen LogP contribution in [0.25, 0.3) is 10.8 Å². The van der Waals surface area contributed by atoms with Crippen molar-refractivity contribution in [3.05, 3.63) is 94.7 Å². The van der Waals surface area contributed by atoms with Gasteiger partial charge in [0.05, 0.1) is 11.1 Å². The molecule has 0 aliphatic carbocycles. The summed E-state index contributed by atoms with van der Waals surface area (Å²) in [5, 5.41) is 8.13. The predicted octanol–water partition coefficient (Wildman–Crippen LogP) is 6.36. The van der Waals surface area contributed by atoms with Crippen LogP contribution < -0.4 is 10.6 Å². The second-order valence-electron chi connectivity index (χ2n) is 7.55. The summed E-state index contributed by atoms with van der Waals surface area (Å²) in [7, 11) is 0. The van der Waals surface area contributed by atoms with Gasteiger partial charge in [-0.1, -0.05) is 30.7 Å². The third-order valence-electron chi connectivity index (χ3n) is 5.21. The first-order chi connectivity index (χ1) is 15.4. The van der Waals surface area contributed by atoms with Crippen molar-refractivity contribution in [3.8, 4) is 0 Å². The SMILES string of the molecule is CC[C@@H](NC(=O)c1ccc2cnc(Nc3ccnc(C)c3)cc2c1)c1ccc(F)c(Cl)c1. The number of nitrogens with one attached hydrogen (secondary N) is 2. The highest BCUT2D eigenvalue weighted by Crippen LogP contribution is 2.25. The quantitative estimate of drug-likeness (QED) is 0.360. The molecule has 4 aromatic rings. The van der Waals surface area contributed by atoms with Gasteiger partial charge in [-0.2, -0.15) is 0 Å². The van der Waals surface area contributed by atoms with Gasteiger partial charge < -0.3 is 10.6 Å². The van der Waals surface area contributed by atoms with Crippen LogP contribution in [-0.2, 0) is 0 Å². The average molecular weight is 449 g/mol. The van der Waals surface area contributed by atoms with Gasteiger partial charge in [-0.15, -0.1) is 0 Å². The molecule has 2 aromatic carbocycles. The topological polar surface area (TPSA) is 66.9 Å².